The minimum atomic E-state index is -1.03. The van der Waals surface area contributed by atoms with Crippen LogP contribution >= 0.6 is 11.3 Å². The Hall–Kier alpha value is -4.73. The van der Waals surface area contributed by atoms with Gasteiger partial charge in [0.25, 0.3) is 5.91 Å². The number of carboxylic acids is 1. The molecule has 244 valence electrons. The first kappa shape index (κ1) is 30.9. The monoisotopic (exact) mass is 661 g/mol. The third-order valence-electron chi connectivity index (χ3n) is 8.72. The topological polar surface area (TPSA) is 152 Å². The van der Waals surface area contributed by atoms with E-state index in [-0.39, 0.29) is 36.4 Å². The lowest BCUT2D eigenvalue weighted by Gasteiger charge is -2.53. The maximum Gasteiger partial charge on any atom is 0.326 e. The van der Waals surface area contributed by atoms with Gasteiger partial charge < -0.3 is 34.4 Å². The zero-order valence-electron chi connectivity index (χ0n) is 25.6. The summed E-state index contributed by atoms with van der Waals surface area (Å²) in [6.07, 6.45) is 1.01. The van der Waals surface area contributed by atoms with Crippen molar-refractivity contribution >= 4 is 40.5 Å². The number of pyridine rings is 1. The molecule has 1 aromatic carbocycles. The first-order valence-corrected chi connectivity index (χ1v) is 16.1. The molecule has 3 atom stereocenters. The first-order valence-electron chi connectivity index (χ1n) is 15.2. The predicted molar refractivity (Wildman–Crippen MR) is 171 cm³/mol. The Morgan fingerprint density at radius 1 is 1.15 bits per heavy atom. The molecule has 47 heavy (non-hydrogen) atoms. The number of carbonyl (C=O) groups is 2. The molecule has 7 rings (SSSR count). The molecular formula is C32H32FN7O6S. The summed E-state index contributed by atoms with van der Waals surface area (Å²) in [5, 5.41) is 14.9. The number of carbonyl (C=O) groups excluding carboxylic acids is 1. The number of carboxylic acid groups (broad SMARTS) is 1. The van der Waals surface area contributed by atoms with E-state index in [1.54, 1.807) is 24.0 Å². The number of nitrogens with zero attached hydrogens (tertiary/aromatic N) is 6. The highest BCUT2D eigenvalue weighted by molar-refractivity contribution is 7.13. The van der Waals surface area contributed by atoms with Crippen LogP contribution in [0.15, 0.2) is 54.0 Å². The van der Waals surface area contributed by atoms with Gasteiger partial charge in [0.05, 0.1) is 54.7 Å². The lowest BCUT2D eigenvalue weighted by atomic mass is 9.90. The number of hydrogen-bond acceptors (Lipinski definition) is 12. The molecule has 13 nitrogen and oxygen atoms in total. The fraction of sp³-hybridized carbons (Fsp3) is 0.375. The van der Waals surface area contributed by atoms with E-state index in [2.05, 4.69) is 30.2 Å². The maximum atomic E-state index is 14.4. The Kier molecular flexibility index (Phi) is 8.20. The molecule has 0 saturated carbocycles. The normalized spacial score (nSPS) is 21.8. The van der Waals surface area contributed by atoms with Crippen LogP contribution in [0, 0.1) is 12.7 Å². The molecule has 3 fully saturated rings. The zero-order chi connectivity index (χ0) is 32.7. The van der Waals surface area contributed by atoms with E-state index >= 15 is 0 Å². The number of ether oxygens (including phenoxy) is 3. The molecule has 0 bridgehead atoms. The van der Waals surface area contributed by atoms with Gasteiger partial charge in [-0.15, -0.1) is 11.3 Å². The van der Waals surface area contributed by atoms with Gasteiger partial charge in [-0.3, -0.25) is 4.79 Å². The van der Waals surface area contributed by atoms with E-state index < -0.39 is 35.4 Å². The Bertz CT molecular complexity index is 1810. The van der Waals surface area contributed by atoms with Crippen LogP contribution in [0.25, 0.3) is 10.7 Å². The minimum Gasteiger partial charge on any atom is -0.480 e. The fourth-order valence-corrected chi connectivity index (χ4v) is 6.82. The van der Waals surface area contributed by atoms with Crippen molar-refractivity contribution < 1.29 is 33.3 Å². The summed E-state index contributed by atoms with van der Waals surface area (Å²) < 4.78 is 32.5. The van der Waals surface area contributed by atoms with Crippen LogP contribution in [0.4, 0.5) is 21.7 Å². The number of anilines is 3. The number of morpholine rings is 1. The van der Waals surface area contributed by atoms with Crippen molar-refractivity contribution in [3.8, 4) is 16.6 Å². The number of benzene rings is 1. The predicted octanol–water partition coefficient (Wildman–Crippen LogP) is 3.80. The summed E-state index contributed by atoms with van der Waals surface area (Å²) in [6, 6.07) is 10.2. The number of thiophene rings is 1. The number of halogens is 1. The Morgan fingerprint density at radius 2 is 1.98 bits per heavy atom. The van der Waals surface area contributed by atoms with Crippen molar-refractivity contribution in [1.29, 1.82) is 0 Å². The van der Waals surface area contributed by atoms with E-state index in [9.17, 15) is 19.1 Å². The number of aliphatic carboxylic acids is 1. The van der Waals surface area contributed by atoms with Crippen LogP contribution in [0.5, 0.6) is 5.88 Å². The molecule has 1 amide bonds. The van der Waals surface area contributed by atoms with Gasteiger partial charge in [-0.05, 0) is 43.5 Å². The van der Waals surface area contributed by atoms with E-state index in [4.69, 9.17) is 14.2 Å². The molecule has 0 radical (unpaired) electrons. The van der Waals surface area contributed by atoms with Crippen molar-refractivity contribution in [3.63, 3.8) is 0 Å². The maximum absolute atomic E-state index is 14.4. The molecular weight excluding hydrogens is 629 g/mol. The Morgan fingerprint density at radius 3 is 2.70 bits per heavy atom. The zero-order valence-corrected chi connectivity index (χ0v) is 26.4. The fourth-order valence-electron chi connectivity index (χ4n) is 6.16. The summed E-state index contributed by atoms with van der Waals surface area (Å²) in [5.41, 5.74) is 0.328. The quantitative estimate of drug-likeness (QED) is 0.283. The number of aromatic nitrogens is 4. The largest absolute Gasteiger partial charge is 0.480 e. The average Bonchev–Trinajstić information content (AvgIpc) is 3.72. The molecule has 2 N–H and O–H groups in total. The average molecular weight is 662 g/mol. The number of amides is 1. The molecule has 0 unspecified atom stereocenters. The second-order valence-electron chi connectivity index (χ2n) is 11.7. The van der Waals surface area contributed by atoms with Gasteiger partial charge in [-0.2, -0.15) is 9.97 Å². The van der Waals surface area contributed by atoms with Crippen molar-refractivity contribution in [2.24, 2.45) is 0 Å². The smallest absolute Gasteiger partial charge is 0.326 e. The molecule has 3 aromatic heterocycles. The number of rotatable bonds is 8. The SMILES string of the molecule is Cc1nc(-c2cccs2)nc(N2C[C@@H](Oc3ncc(NC(=O)c4ccccc4F)cc3N3CCOC4(COC4)[C@@H]3C)C[C@H]2C(=O)O)n1. The van der Waals surface area contributed by atoms with Gasteiger partial charge in [0.1, 0.15) is 35.1 Å². The molecule has 6 heterocycles. The third-order valence-corrected chi connectivity index (χ3v) is 9.59. The highest BCUT2D eigenvalue weighted by atomic mass is 32.1. The van der Waals surface area contributed by atoms with E-state index in [1.165, 1.54) is 35.7 Å². The van der Waals surface area contributed by atoms with E-state index in [1.807, 2.05) is 24.4 Å². The number of nitrogens with one attached hydrogen (secondary N) is 1. The van der Waals surface area contributed by atoms with Gasteiger partial charge in [0.2, 0.25) is 11.8 Å². The van der Waals surface area contributed by atoms with Crippen LogP contribution < -0.4 is 19.9 Å². The first-order chi connectivity index (χ1) is 22.7. The van der Waals surface area contributed by atoms with Crippen molar-refractivity contribution in [1.82, 2.24) is 19.9 Å². The molecule has 4 aromatic rings. The lowest BCUT2D eigenvalue weighted by molar-refractivity contribution is -0.228. The lowest BCUT2D eigenvalue weighted by Crippen LogP contribution is -2.68. The highest BCUT2D eigenvalue weighted by Crippen LogP contribution is 2.40. The van der Waals surface area contributed by atoms with Gasteiger partial charge in [0.15, 0.2) is 5.82 Å². The van der Waals surface area contributed by atoms with Gasteiger partial charge >= 0.3 is 5.97 Å². The molecule has 3 saturated heterocycles. The minimum absolute atomic E-state index is 0.0961. The number of hydrogen-bond donors (Lipinski definition) is 2. The molecule has 0 aliphatic carbocycles. The third kappa shape index (κ3) is 5.97. The summed E-state index contributed by atoms with van der Waals surface area (Å²) in [5.74, 6) is -0.815. The van der Waals surface area contributed by atoms with Crippen LogP contribution in [-0.2, 0) is 14.3 Å². The van der Waals surface area contributed by atoms with Crippen molar-refractivity contribution in [2.45, 2.75) is 44.1 Å². The Labute approximate surface area is 273 Å². The van der Waals surface area contributed by atoms with Crippen LogP contribution in [-0.4, -0.2) is 93.6 Å². The van der Waals surface area contributed by atoms with E-state index in [0.29, 0.717) is 49.4 Å². The van der Waals surface area contributed by atoms with E-state index in [0.717, 1.165) is 4.88 Å². The van der Waals surface area contributed by atoms with Crippen LogP contribution in [0.1, 0.15) is 29.5 Å². The Balaban J connectivity index is 1.19. The molecule has 3 aliphatic heterocycles. The van der Waals surface area contributed by atoms with Gasteiger partial charge in [0, 0.05) is 13.0 Å². The second kappa shape index (κ2) is 12.5. The van der Waals surface area contributed by atoms with Crippen molar-refractivity contribution in [3.05, 3.63) is 71.2 Å². The summed E-state index contributed by atoms with van der Waals surface area (Å²) in [6.45, 7) is 5.78. The van der Waals surface area contributed by atoms with Gasteiger partial charge in [-0.25, -0.2) is 19.2 Å². The van der Waals surface area contributed by atoms with Crippen LogP contribution in [0.2, 0.25) is 0 Å². The van der Waals surface area contributed by atoms with Crippen molar-refractivity contribution in [2.75, 3.05) is 48.0 Å². The summed E-state index contributed by atoms with van der Waals surface area (Å²) >= 11 is 1.48. The standard InChI is InChI=1S/C32H32FN7O6S/c1-18-32(16-44-17-32)45-10-9-39(18)24-12-20(37-28(41)22-6-3-4-7-23(22)33)14-34-29(24)46-21-13-25(30(42)43)40(15-21)31-36-19(2)35-27(38-31)26-8-5-11-47-26/h3-8,11-12,14,18,21,25H,9-10,13,15-17H2,1-2H3,(H,37,41)(H,42,43)/t18-,21-,25-/m0/s1. The summed E-state index contributed by atoms with van der Waals surface area (Å²) in [4.78, 5) is 48.1. The molecule has 15 heteroatoms. The molecule has 3 aliphatic rings. The van der Waals surface area contributed by atoms with Gasteiger partial charge in [-0.1, -0.05) is 18.2 Å². The number of aryl methyl sites for hydroxylation is 1. The van der Waals surface area contributed by atoms with Crippen LogP contribution in [0.3, 0.4) is 0 Å². The highest BCUT2D eigenvalue weighted by Gasteiger charge is 2.50. The molecule has 1 spiro atoms. The second-order valence-corrected chi connectivity index (χ2v) is 12.7. The summed E-state index contributed by atoms with van der Waals surface area (Å²) in [7, 11) is 0.